The molecular weight excluding hydrogens is 456 g/mol. The predicted molar refractivity (Wildman–Crippen MR) is 140 cm³/mol. The van der Waals surface area contributed by atoms with Gasteiger partial charge in [-0.1, -0.05) is 68.4 Å². The van der Waals surface area contributed by atoms with Gasteiger partial charge in [-0.05, 0) is 48.3 Å². The molecule has 0 radical (unpaired) electrons. The molecule has 8 nitrogen and oxygen atoms in total. The van der Waals surface area contributed by atoms with E-state index in [-0.39, 0.29) is 17.7 Å². The number of nitrogens with one attached hydrogen (secondary N) is 3. The Labute approximate surface area is 214 Å². The second kappa shape index (κ2) is 15.0. The van der Waals surface area contributed by atoms with Crippen LogP contribution in [0.5, 0.6) is 0 Å². The van der Waals surface area contributed by atoms with Gasteiger partial charge < -0.3 is 16.4 Å². The predicted octanol–water partition coefficient (Wildman–Crippen LogP) is 2.73. The van der Waals surface area contributed by atoms with Crippen LogP contribution in [0.4, 0.5) is 0 Å². The van der Waals surface area contributed by atoms with Gasteiger partial charge in [0.2, 0.25) is 17.7 Å². The molecule has 0 bridgehead atoms. The molecule has 0 spiro atoms. The number of benzene rings is 2. The van der Waals surface area contributed by atoms with Crippen molar-refractivity contribution in [3.63, 3.8) is 0 Å². The van der Waals surface area contributed by atoms with Gasteiger partial charge in [0, 0.05) is 25.9 Å². The molecule has 196 valence electrons. The Morgan fingerprint density at radius 2 is 1.50 bits per heavy atom. The average molecular weight is 497 g/mol. The van der Waals surface area contributed by atoms with E-state index in [1.54, 1.807) is 5.48 Å². The molecular formula is C28H40N4O4. The van der Waals surface area contributed by atoms with Crippen LogP contribution in [0, 0.1) is 17.8 Å². The fraction of sp³-hybridized carbons (Fsp3) is 0.464. The largest absolute Gasteiger partial charge is 0.357 e. The lowest BCUT2D eigenvalue weighted by molar-refractivity contribution is -0.142. The van der Waals surface area contributed by atoms with E-state index in [1.807, 2.05) is 68.4 Å². The number of carbonyl (C=O) groups excluding carboxylic acids is 3. The summed E-state index contributed by atoms with van der Waals surface area (Å²) < 4.78 is 0. The topological polar surface area (TPSA) is 134 Å². The van der Waals surface area contributed by atoms with Gasteiger partial charge in [0.15, 0.2) is 0 Å². The second-order valence-corrected chi connectivity index (χ2v) is 9.60. The fourth-order valence-electron chi connectivity index (χ4n) is 4.44. The first kappa shape index (κ1) is 29.0. The standard InChI is InChI=1S/C28H40N4O4/c1-19(2)16-24(23(27(34)32-36)11-7-10-20-8-5-4-6-9-20)26(33)31-25(28(35)30-3)17-21-12-14-22(18-29)15-13-21/h4-6,8-9,12-15,19,23-25,36H,7,10-11,16-18,29H2,1-3H3,(H,30,35)(H,31,33)(H,32,34)/t23-,24+,25-/m0/s1. The lowest BCUT2D eigenvalue weighted by atomic mass is 9.80. The maximum Gasteiger partial charge on any atom is 0.247 e. The molecule has 0 saturated carbocycles. The van der Waals surface area contributed by atoms with E-state index in [0.29, 0.717) is 32.2 Å². The monoisotopic (exact) mass is 496 g/mol. The maximum atomic E-state index is 13.5. The molecule has 0 fully saturated rings. The van der Waals surface area contributed by atoms with Crippen LogP contribution in [-0.2, 0) is 33.8 Å². The summed E-state index contributed by atoms with van der Waals surface area (Å²) in [6.45, 7) is 4.38. The highest BCUT2D eigenvalue weighted by atomic mass is 16.5. The van der Waals surface area contributed by atoms with E-state index in [2.05, 4.69) is 10.6 Å². The van der Waals surface area contributed by atoms with Crippen molar-refractivity contribution >= 4 is 17.7 Å². The second-order valence-electron chi connectivity index (χ2n) is 9.60. The van der Waals surface area contributed by atoms with Crippen LogP contribution in [-0.4, -0.2) is 36.0 Å². The Hall–Kier alpha value is -3.23. The van der Waals surface area contributed by atoms with Crippen LogP contribution < -0.4 is 21.8 Å². The average Bonchev–Trinajstić information content (AvgIpc) is 2.89. The third-order valence-electron chi connectivity index (χ3n) is 6.40. The lowest BCUT2D eigenvalue weighted by Crippen LogP contribution is -2.51. The number of carbonyl (C=O) groups is 3. The Kier molecular flexibility index (Phi) is 12.1. The minimum Gasteiger partial charge on any atom is -0.357 e. The number of hydrogen-bond acceptors (Lipinski definition) is 5. The SMILES string of the molecule is CNC(=O)[C@H](Cc1ccc(CN)cc1)NC(=O)[C@H](CC(C)C)[C@H](CCCc1ccccc1)C(=O)NO. The summed E-state index contributed by atoms with van der Waals surface area (Å²) in [6.07, 6.45) is 2.61. The number of likely N-dealkylation sites (N-methyl/N-ethyl adjacent to an activating group) is 1. The van der Waals surface area contributed by atoms with Gasteiger partial charge in [0.25, 0.3) is 0 Å². The Morgan fingerprint density at radius 1 is 0.861 bits per heavy atom. The van der Waals surface area contributed by atoms with Crippen LogP contribution >= 0.6 is 0 Å². The van der Waals surface area contributed by atoms with Crippen molar-refractivity contribution in [2.75, 3.05) is 7.05 Å². The third kappa shape index (κ3) is 9.09. The Balaban J connectivity index is 2.20. The Bertz CT molecular complexity index is 963. The normalized spacial score (nSPS) is 13.5. The van der Waals surface area contributed by atoms with Crippen molar-refractivity contribution in [3.05, 3.63) is 71.3 Å². The number of rotatable bonds is 14. The minimum atomic E-state index is -0.803. The number of aryl methyl sites for hydroxylation is 1. The molecule has 0 aliphatic rings. The molecule has 0 aliphatic carbocycles. The smallest absolute Gasteiger partial charge is 0.247 e. The summed E-state index contributed by atoms with van der Waals surface area (Å²) in [5.74, 6) is -2.56. The van der Waals surface area contributed by atoms with Crippen LogP contribution in [0.3, 0.4) is 0 Å². The van der Waals surface area contributed by atoms with Gasteiger partial charge >= 0.3 is 0 Å². The molecule has 36 heavy (non-hydrogen) atoms. The summed E-state index contributed by atoms with van der Waals surface area (Å²) in [7, 11) is 1.52. The highest BCUT2D eigenvalue weighted by molar-refractivity contribution is 5.91. The van der Waals surface area contributed by atoms with E-state index in [9.17, 15) is 19.6 Å². The molecule has 6 N–H and O–H groups in total. The van der Waals surface area contributed by atoms with Crippen LogP contribution in [0.1, 0.15) is 49.8 Å². The zero-order valence-corrected chi connectivity index (χ0v) is 21.5. The van der Waals surface area contributed by atoms with Gasteiger partial charge in [-0.2, -0.15) is 0 Å². The number of hydroxylamine groups is 1. The van der Waals surface area contributed by atoms with E-state index in [1.165, 1.54) is 7.05 Å². The molecule has 2 aromatic carbocycles. The molecule has 3 atom stereocenters. The molecule has 3 amide bonds. The zero-order valence-electron chi connectivity index (χ0n) is 21.5. The van der Waals surface area contributed by atoms with Crippen LogP contribution in [0.25, 0.3) is 0 Å². The van der Waals surface area contributed by atoms with Crippen molar-refractivity contribution in [1.29, 1.82) is 0 Å². The van der Waals surface area contributed by atoms with Gasteiger partial charge in [-0.3, -0.25) is 19.6 Å². The molecule has 2 aromatic rings. The van der Waals surface area contributed by atoms with E-state index in [4.69, 9.17) is 5.73 Å². The van der Waals surface area contributed by atoms with Gasteiger partial charge in [0.1, 0.15) is 6.04 Å². The highest BCUT2D eigenvalue weighted by Crippen LogP contribution is 2.27. The van der Waals surface area contributed by atoms with Crippen LogP contribution in [0.2, 0.25) is 0 Å². The first-order chi connectivity index (χ1) is 17.3. The van der Waals surface area contributed by atoms with Gasteiger partial charge in [-0.15, -0.1) is 0 Å². The molecule has 0 heterocycles. The maximum absolute atomic E-state index is 13.5. The summed E-state index contributed by atoms with van der Waals surface area (Å²) in [6, 6.07) is 16.7. The molecule has 0 aliphatic heterocycles. The van der Waals surface area contributed by atoms with Gasteiger partial charge in [-0.25, -0.2) is 5.48 Å². The molecule has 8 heteroatoms. The third-order valence-corrected chi connectivity index (χ3v) is 6.40. The number of hydrogen-bond donors (Lipinski definition) is 5. The molecule has 0 unspecified atom stereocenters. The van der Waals surface area contributed by atoms with E-state index < -0.39 is 23.8 Å². The van der Waals surface area contributed by atoms with E-state index >= 15 is 0 Å². The quantitative estimate of drug-likeness (QED) is 0.203. The number of amides is 3. The van der Waals surface area contributed by atoms with Crippen molar-refractivity contribution < 1.29 is 19.6 Å². The van der Waals surface area contributed by atoms with Crippen molar-refractivity contribution in [3.8, 4) is 0 Å². The summed E-state index contributed by atoms with van der Waals surface area (Å²) in [5.41, 5.74) is 10.4. The van der Waals surface area contributed by atoms with E-state index in [0.717, 1.165) is 23.1 Å². The zero-order chi connectivity index (χ0) is 26.5. The van der Waals surface area contributed by atoms with Crippen molar-refractivity contribution in [2.24, 2.45) is 23.5 Å². The van der Waals surface area contributed by atoms with Crippen LogP contribution in [0.15, 0.2) is 54.6 Å². The highest BCUT2D eigenvalue weighted by Gasteiger charge is 2.35. The number of nitrogens with two attached hydrogens (primary N) is 1. The fourth-order valence-corrected chi connectivity index (χ4v) is 4.44. The summed E-state index contributed by atoms with van der Waals surface area (Å²) in [5, 5.41) is 14.9. The minimum absolute atomic E-state index is 0.131. The van der Waals surface area contributed by atoms with Gasteiger partial charge in [0.05, 0.1) is 5.92 Å². The summed E-state index contributed by atoms with van der Waals surface area (Å²) >= 11 is 0. The molecule has 2 rings (SSSR count). The van der Waals surface area contributed by atoms with Crippen molar-refractivity contribution in [1.82, 2.24) is 16.1 Å². The Morgan fingerprint density at radius 3 is 2.06 bits per heavy atom. The molecule has 0 aromatic heterocycles. The molecule has 0 saturated heterocycles. The first-order valence-electron chi connectivity index (χ1n) is 12.6. The lowest BCUT2D eigenvalue weighted by Gasteiger charge is -2.28. The first-order valence-corrected chi connectivity index (χ1v) is 12.6. The van der Waals surface area contributed by atoms with Crippen molar-refractivity contribution in [2.45, 2.75) is 58.5 Å². The summed E-state index contributed by atoms with van der Waals surface area (Å²) in [4.78, 5) is 38.8.